The molecule has 0 aliphatic carbocycles. The van der Waals surface area contributed by atoms with Crippen molar-refractivity contribution in [2.75, 3.05) is 11.9 Å². The van der Waals surface area contributed by atoms with Crippen molar-refractivity contribution in [2.45, 2.75) is 0 Å². The molecule has 0 radical (unpaired) electrons. The molecule has 0 aliphatic heterocycles. The zero-order valence-corrected chi connectivity index (χ0v) is 15.3. The summed E-state index contributed by atoms with van der Waals surface area (Å²) in [5.74, 6) is -0.980. The third-order valence-electron chi connectivity index (χ3n) is 3.62. The Hall–Kier alpha value is -3.38. The van der Waals surface area contributed by atoms with Gasteiger partial charge in [-0.3, -0.25) is 4.79 Å². The molecule has 3 aromatic carbocycles. The highest BCUT2D eigenvalue weighted by atomic mass is 35.5. The Labute approximate surface area is 165 Å². The van der Waals surface area contributed by atoms with E-state index in [0.29, 0.717) is 11.5 Å². The first-order valence-corrected chi connectivity index (χ1v) is 8.64. The number of hydrogen-bond acceptors (Lipinski definition) is 4. The molecule has 0 saturated carbocycles. The number of carbonyl (C=O) groups excluding carboxylic acids is 2. The van der Waals surface area contributed by atoms with E-state index in [1.54, 1.807) is 42.5 Å². The number of ether oxygens (including phenoxy) is 2. The predicted molar refractivity (Wildman–Crippen MR) is 103 cm³/mol. The molecule has 0 bridgehead atoms. The summed E-state index contributed by atoms with van der Waals surface area (Å²) in [5.41, 5.74) is 0.399. The highest BCUT2D eigenvalue weighted by Gasteiger charge is 2.16. The number of hydrogen-bond donors (Lipinski definition) is 1. The van der Waals surface area contributed by atoms with Crippen molar-refractivity contribution < 1.29 is 23.5 Å². The van der Waals surface area contributed by atoms with Crippen molar-refractivity contribution in [1.29, 1.82) is 0 Å². The van der Waals surface area contributed by atoms with Crippen LogP contribution in [0.5, 0.6) is 11.5 Å². The first-order chi connectivity index (χ1) is 13.5. The van der Waals surface area contributed by atoms with Gasteiger partial charge in [0, 0.05) is 0 Å². The molecular weight excluding hydrogens is 385 g/mol. The van der Waals surface area contributed by atoms with Gasteiger partial charge in [0.15, 0.2) is 6.61 Å². The highest BCUT2D eigenvalue weighted by Crippen LogP contribution is 2.26. The predicted octanol–water partition coefficient (Wildman–Crippen LogP) is 5.07. The molecule has 0 aromatic heterocycles. The van der Waals surface area contributed by atoms with E-state index >= 15 is 0 Å². The van der Waals surface area contributed by atoms with E-state index < -0.39 is 24.3 Å². The molecule has 5 nitrogen and oxygen atoms in total. The van der Waals surface area contributed by atoms with Gasteiger partial charge >= 0.3 is 5.97 Å². The number of benzene rings is 3. The molecule has 0 spiro atoms. The van der Waals surface area contributed by atoms with Crippen LogP contribution < -0.4 is 10.1 Å². The van der Waals surface area contributed by atoms with Crippen molar-refractivity contribution >= 4 is 29.2 Å². The van der Waals surface area contributed by atoms with Crippen LogP contribution in [0.3, 0.4) is 0 Å². The van der Waals surface area contributed by atoms with Crippen LogP contribution in [-0.2, 0) is 9.53 Å². The molecule has 0 heterocycles. The van der Waals surface area contributed by atoms with Gasteiger partial charge in [0.25, 0.3) is 5.91 Å². The molecule has 3 aromatic rings. The minimum Gasteiger partial charge on any atom is -0.456 e. The number of esters is 1. The van der Waals surface area contributed by atoms with Crippen molar-refractivity contribution in [1.82, 2.24) is 0 Å². The van der Waals surface area contributed by atoms with E-state index in [2.05, 4.69) is 5.32 Å². The first kappa shape index (κ1) is 19.4. The van der Waals surface area contributed by atoms with Gasteiger partial charge in [-0.1, -0.05) is 41.9 Å². The maximum Gasteiger partial charge on any atom is 0.342 e. The van der Waals surface area contributed by atoms with Gasteiger partial charge in [0.05, 0.1) is 10.7 Å². The average Bonchev–Trinajstić information content (AvgIpc) is 2.69. The summed E-state index contributed by atoms with van der Waals surface area (Å²) >= 11 is 5.85. The topological polar surface area (TPSA) is 64.6 Å². The number of para-hydroxylation sites is 2. The zero-order chi connectivity index (χ0) is 19.9. The normalized spacial score (nSPS) is 10.2. The monoisotopic (exact) mass is 399 g/mol. The summed E-state index contributed by atoms with van der Waals surface area (Å²) in [6, 6.07) is 19.1. The van der Waals surface area contributed by atoms with Crippen LogP contribution in [-0.4, -0.2) is 18.5 Å². The Morgan fingerprint density at radius 3 is 2.43 bits per heavy atom. The lowest BCUT2D eigenvalue weighted by Crippen LogP contribution is -2.21. The number of rotatable bonds is 6. The third kappa shape index (κ3) is 5.08. The minimum atomic E-state index is -0.716. The lowest BCUT2D eigenvalue weighted by molar-refractivity contribution is -0.119. The van der Waals surface area contributed by atoms with E-state index in [-0.39, 0.29) is 16.3 Å². The van der Waals surface area contributed by atoms with Gasteiger partial charge in [0.2, 0.25) is 0 Å². The van der Waals surface area contributed by atoms with Crippen LogP contribution in [0.2, 0.25) is 5.02 Å². The average molecular weight is 400 g/mol. The van der Waals surface area contributed by atoms with E-state index in [1.807, 2.05) is 6.07 Å². The third-order valence-corrected chi connectivity index (χ3v) is 3.93. The summed E-state index contributed by atoms with van der Waals surface area (Å²) in [6.45, 7) is -0.536. The van der Waals surface area contributed by atoms with Crippen LogP contribution in [0.4, 0.5) is 10.1 Å². The van der Waals surface area contributed by atoms with Crippen LogP contribution in [0.15, 0.2) is 72.8 Å². The molecular formula is C21H15ClFNO4. The molecule has 3 rings (SSSR count). The minimum absolute atomic E-state index is 0.0429. The van der Waals surface area contributed by atoms with E-state index in [4.69, 9.17) is 21.1 Å². The Bertz CT molecular complexity index is 995. The molecule has 0 fully saturated rings. The Balaban J connectivity index is 1.62. The lowest BCUT2D eigenvalue weighted by Gasteiger charge is -2.11. The van der Waals surface area contributed by atoms with Crippen molar-refractivity contribution in [3.05, 3.63) is 89.2 Å². The zero-order valence-electron chi connectivity index (χ0n) is 14.5. The molecule has 28 heavy (non-hydrogen) atoms. The fourth-order valence-electron chi connectivity index (χ4n) is 2.33. The van der Waals surface area contributed by atoms with Crippen molar-refractivity contribution in [2.24, 2.45) is 0 Å². The molecule has 0 saturated heterocycles. The number of anilines is 1. The van der Waals surface area contributed by atoms with Gasteiger partial charge < -0.3 is 14.8 Å². The molecule has 0 unspecified atom stereocenters. The Morgan fingerprint density at radius 1 is 0.964 bits per heavy atom. The van der Waals surface area contributed by atoms with E-state index in [0.717, 1.165) is 12.1 Å². The molecule has 142 valence electrons. The van der Waals surface area contributed by atoms with Gasteiger partial charge in [-0.15, -0.1) is 0 Å². The summed E-state index contributed by atoms with van der Waals surface area (Å²) in [7, 11) is 0. The Kier molecular flexibility index (Phi) is 6.24. The molecule has 7 heteroatoms. The van der Waals surface area contributed by atoms with Gasteiger partial charge in [-0.25, -0.2) is 9.18 Å². The smallest absolute Gasteiger partial charge is 0.342 e. The quantitative estimate of drug-likeness (QED) is 0.588. The van der Waals surface area contributed by atoms with Crippen LogP contribution in [0.25, 0.3) is 0 Å². The highest BCUT2D eigenvalue weighted by molar-refractivity contribution is 6.33. The first-order valence-electron chi connectivity index (χ1n) is 8.27. The molecule has 1 N–H and O–H groups in total. The largest absolute Gasteiger partial charge is 0.456 e. The van der Waals surface area contributed by atoms with Crippen molar-refractivity contribution in [3.8, 4) is 11.5 Å². The standard InChI is InChI=1S/C21H15ClFNO4/c22-17-12-14(23)10-11-18(17)24-20(25)13-27-21(26)16-8-4-5-9-19(16)28-15-6-2-1-3-7-15/h1-12H,13H2,(H,24,25). The van der Waals surface area contributed by atoms with Crippen LogP contribution in [0.1, 0.15) is 10.4 Å². The molecule has 0 aliphatic rings. The lowest BCUT2D eigenvalue weighted by atomic mass is 10.2. The second-order valence-corrected chi connectivity index (χ2v) is 6.07. The Morgan fingerprint density at radius 2 is 1.68 bits per heavy atom. The maximum atomic E-state index is 13.0. The van der Waals surface area contributed by atoms with Crippen LogP contribution in [0, 0.1) is 5.82 Å². The van der Waals surface area contributed by atoms with Crippen molar-refractivity contribution in [3.63, 3.8) is 0 Å². The second kappa shape index (κ2) is 9.01. The van der Waals surface area contributed by atoms with E-state index in [1.165, 1.54) is 12.1 Å². The SMILES string of the molecule is O=C(COC(=O)c1ccccc1Oc1ccccc1)Nc1ccc(F)cc1Cl. The summed E-state index contributed by atoms with van der Waals surface area (Å²) in [6.07, 6.45) is 0. The maximum absolute atomic E-state index is 13.0. The number of nitrogens with one attached hydrogen (secondary N) is 1. The number of amides is 1. The molecule has 1 amide bonds. The summed E-state index contributed by atoms with van der Waals surface area (Å²) in [5, 5.41) is 2.50. The van der Waals surface area contributed by atoms with E-state index in [9.17, 15) is 14.0 Å². The second-order valence-electron chi connectivity index (χ2n) is 5.66. The fourth-order valence-corrected chi connectivity index (χ4v) is 2.54. The van der Waals surface area contributed by atoms with Gasteiger partial charge in [0.1, 0.15) is 22.9 Å². The summed E-state index contributed by atoms with van der Waals surface area (Å²) in [4.78, 5) is 24.4. The van der Waals surface area contributed by atoms with Gasteiger partial charge in [-0.2, -0.15) is 0 Å². The molecule has 0 atom stereocenters. The van der Waals surface area contributed by atoms with Crippen LogP contribution >= 0.6 is 11.6 Å². The fraction of sp³-hybridized carbons (Fsp3) is 0.0476. The summed E-state index contributed by atoms with van der Waals surface area (Å²) < 4.78 is 23.8. The number of carbonyl (C=O) groups is 2. The van der Waals surface area contributed by atoms with Gasteiger partial charge in [-0.05, 0) is 42.5 Å². The number of halogens is 2.